The van der Waals surface area contributed by atoms with E-state index in [1.807, 2.05) is 0 Å². The second kappa shape index (κ2) is 5.74. The standard InChI is InChI=1S/C17H26N2O/c1-19-10-7-15-11-14(5-6-16(15)19)12-18-17(13-20)8-3-2-4-9-17/h5-6,11,18,20H,2-4,7-10,12-13H2,1H3. The highest BCUT2D eigenvalue weighted by Gasteiger charge is 2.30. The molecule has 2 aliphatic rings. The first-order valence-electron chi connectivity index (χ1n) is 7.91. The van der Waals surface area contributed by atoms with E-state index in [1.165, 1.54) is 36.1 Å². The first kappa shape index (κ1) is 13.9. The van der Waals surface area contributed by atoms with Gasteiger partial charge in [-0.1, -0.05) is 31.4 Å². The van der Waals surface area contributed by atoms with Crippen molar-refractivity contribution in [2.75, 3.05) is 25.1 Å². The molecule has 3 nitrogen and oxygen atoms in total. The number of likely N-dealkylation sites (N-methyl/N-ethyl adjacent to an activating group) is 1. The van der Waals surface area contributed by atoms with Crippen LogP contribution in [0.4, 0.5) is 5.69 Å². The molecule has 0 aromatic heterocycles. The number of fused-ring (bicyclic) bond motifs is 1. The van der Waals surface area contributed by atoms with Crippen LogP contribution in [0.2, 0.25) is 0 Å². The smallest absolute Gasteiger partial charge is 0.0613 e. The maximum Gasteiger partial charge on any atom is 0.0613 e. The van der Waals surface area contributed by atoms with Crippen LogP contribution in [0.1, 0.15) is 43.2 Å². The highest BCUT2D eigenvalue weighted by molar-refractivity contribution is 5.58. The van der Waals surface area contributed by atoms with Gasteiger partial charge in [0.1, 0.15) is 0 Å². The van der Waals surface area contributed by atoms with E-state index in [0.29, 0.717) is 0 Å². The van der Waals surface area contributed by atoms with E-state index in [9.17, 15) is 5.11 Å². The second-order valence-corrected chi connectivity index (χ2v) is 6.49. The van der Waals surface area contributed by atoms with Gasteiger partial charge >= 0.3 is 0 Å². The summed E-state index contributed by atoms with van der Waals surface area (Å²) >= 11 is 0. The van der Waals surface area contributed by atoms with Gasteiger partial charge < -0.3 is 15.3 Å². The molecule has 2 N–H and O–H groups in total. The molecule has 1 aromatic carbocycles. The van der Waals surface area contributed by atoms with Crippen molar-refractivity contribution in [2.24, 2.45) is 0 Å². The lowest BCUT2D eigenvalue weighted by atomic mass is 9.82. The fraction of sp³-hybridized carbons (Fsp3) is 0.647. The number of anilines is 1. The minimum Gasteiger partial charge on any atom is -0.394 e. The number of aliphatic hydroxyl groups excluding tert-OH is 1. The van der Waals surface area contributed by atoms with E-state index in [2.05, 4.69) is 35.5 Å². The molecule has 0 amide bonds. The van der Waals surface area contributed by atoms with E-state index in [0.717, 1.165) is 32.4 Å². The normalized spacial score (nSPS) is 21.0. The lowest BCUT2D eigenvalue weighted by molar-refractivity contribution is 0.119. The Kier molecular flexibility index (Phi) is 3.99. The SMILES string of the molecule is CN1CCc2cc(CNC3(CO)CCCCC3)ccc21. The van der Waals surface area contributed by atoms with Crippen LogP contribution in [0.3, 0.4) is 0 Å². The van der Waals surface area contributed by atoms with E-state index >= 15 is 0 Å². The van der Waals surface area contributed by atoms with Gasteiger partial charge in [0, 0.05) is 31.4 Å². The van der Waals surface area contributed by atoms with Gasteiger partial charge in [-0.05, 0) is 36.5 Å². The van der Waals surface area contributed by atoms with Crippen molar-refractivity contribution >= 4 is 5.69 Å². The maximum atomic E-state index is 9.74. The molecule has 0 spiro atoms. The Bertz CT molecular complexity index is 466. The molecule has 110 valence electrons. The van der Waals surface area contributed by atoms with Crippen molar-refractivity contribution < 1.29 is 5.11 Å². The number of hydrogen-bond donors (Lipinski definition) is 2. The van der Waals surface area contributed by atoms with Crippen molar-refractivity contribution in [1.82, 2.24) is 5.32 Å². The Morgan fingerprint density at radius 2 is 2.05 bits per heavy atom. The fourth-order valence-corrected chi connectivity index (χ4v) is 3.64. The van der Waals surface area contributed by atoms with Gasteiger partial charge in [-0.2, -0.15) is 0 Å². The van der Waals surface area contributed by atoms with Crippen LogP contribution in [-0.2, 0) is 13.0 Å². The van der Waals surface area contributed by atoms with Crippen LogP contribution in [0, 0.1) is 0 Å². The Balaban J connectivity index is 1.66. The Labute approximate surface area is 122 Å². The molecule has 0 atom stereocenters. The van der Waals surface area contributed by atoms with Gasteiger partial charge in [-0.25, -0.2) is 0 Å². The van der Waals surface area contributed by atoms with Crippen molar-refractivity contribution in [3.8, 4) is 0 Å². The third kappa shape index (κ3) is 2.70. The molecule has 3 heteroatoms. The van der Waals surface area contributed by atoms with Gasteiger partial charge in [0.25, 0.3) is 0 Å². The van der Waals surface area contributed by atoms with Crippen LogP contribution < -0.4 is 10.2 Å². The number of benzene rings is 1. The lowest BCUT2D eigenvalue weighted by Gasteiger charge is -2.36. The molecule has 20 heavy (non-hydrogen) atoms. The van der Waals surface area contributed by atoms with Crippen molar-refractivity contribution in [3.05, 3.63) is 29.3 Å². The molecular weight excluding hydrogens is 248 g/mol. The zero-order valence-electron chi connectivity index (χ0n) is 12.5. The van der Waals surface area contributed by atoms with Gasteiger partial charge in [0.2, 0.25) is 0 Å². The molecule has 1 aliphatic carbocycles. The minimum atomic E-state index is -0.0337. The lowest BCUT2D eigenvalue weighted by Crippen LogP contribution is -2.49. The third-order valence-corrected chi connectivity index (χ3v) is 5.05. The predicted octanol–water partition coefficient (Wildman–Crippen LogP) is 2.46. The maximum absolute atomic E-state index is 9.74. The summed E-state index contributed by atoms with van der Waals surface area (Å²) in [6.45, 7) is 2.27. The van der Waals surface area contributed by atoms with Crippen molar-refractivity contribution in [2.45, 2.75) is 50.6 Å². The molecule has 1 aromatic rings. The monoisotopic (exact) mass is 274 g/mol. The largest absolute Gasteiger partial charge is 0.394 e. The topological polar surface area (TPSA) is 35.5 Å². The fourth-order valence-electron chi connectivity index (χ4n) is 3.64. The Morgan fingerprint density at radius 1 is 1.25 bits per heavy atom. The van der Waals surface area contributed by atoms with Crippen LogP contribution in [-0.4, -0.2) is 30.8 Å². The summed E-state index contributed by atoms with van der Waals surface area (Å²) in [7, 11) is 2.16. The molecular formula is C17H26N2O. The summed E-state index contributed by atoms with van der Waals surface area (Å²) in [6.07, 6.45) is 7.17. The molecule has 1 fully saturated rings. The average Bonchev–Trinajstić information content (AvgIpc) is 2.87. The first-order chi connectivity index (χ1) is 9.72. The van der Waals surface area contributed by atoms with Crippen molar-refractivity contribution in [1.29, 1.82) is 0 Å². The van der Waals surface area contributed by atoms with Gasteiger partial charge in [-0.3, -0.25) is 0 Å². The summed E-state index contributed by atoms with van der Waals surface area (Å²) in [5.74, 6) is 0. The first-order valence-corrected chi connectivity index (χ1v) is 7.91. The molecule has 1 aliphatic heterocycles. The van der Waals surface area contributed by atoms with Crippen LogP contribution in [0.15, 0.2) is 18.2 Å². The third-order valence-electron chi connectivity index (χ3n) is 5.05. The highest BCUT2D eigenvalue weighted by Crippen LogP contribution is 2.30. The Hall–Kier alpha value is -1.06. The highest BCUT2D eigenvalue weighted by atomic mass is 16.3. The summed E-state index contributed by atoms with van der Waals surface area (Å²) in [5.41, 5.74) is 4.16. The van der Waals surface area contributed by atoms with Crippen LogP contribution >= 0.6 is 0 Å². The van der Waals surface area contributed by atoms with Gasteiger partial charge in [0.05, 0.1) is 6.61 Å². The summed E-state index contributed by atoms with van der Waals surface area (Å²) in [6, 6.07) is 6.80. The minimum absolute atomic E-state index is 0.0337. The van der Waals surface area contributed by atoms with Crippen molar-refractivity contribution in [3.63, 3.8) is 0 Å². The quantitative estimate of drug-likeness (QED) is 0.885. The second-order valence-electron chi connectivity index (χ2n) is 6.49. The Morgan fingerprint density at radius 3 is 2.80 bits per heavy atom. The molecule has 0 bridgehead atoms. The summed E-state index contributed by atoms with van der Waals surface area (Å²) < 4.78 is 0. The van der Waals surface area contributed by atoms with Gasteiger partial charge in [-0.15, -0.1) is 0 Å². The number of rotatable bonds is 4. The zero-order valence-corrected chi connectivity index (χ0v) is 12.5. The summed E-state index contributed by atoms with van der Waals surface area (Å²) in [4.78, 5) is 2.32. The number of hydrogen-bond acceptors (Lipinski definition) is 3. The average molecular weight is 274 g/mol. The molecule has 3 rings (SSSR count). The molecule has 1 saturated carbocycles. The molecule has 0 saturated heterocycles. The van der Waals surface area contributed by atoms with Crippen LogP contribution in [0.25, 0.3) is 0 Å². The zero-order chi connectivity index (χ0) is 14.0. The van der Waals surface area contributed by atoms with Gasteiger partial charge in [0.15, 0.2) is 0 Å². The van der Waals surface area contributed by atoms with E-state index < -0.39 is 0 Å². The van der Waals surface area contributed by atoms with E-state index in [4.69, 9.17) is 0 Å². The molecule has 1 heterocycles. The predicted molar refractivity (Wildman–Crippen MR) is 83.2 cm³/mol. The van der Waals surface area contributed by atoms with Crippen LogP contribution in [0.5, 0.6) is 0 Å². The van der Waals surface area contributed by atoms with E-state index in [1.54, 1.807) is 0 Å². The number of nitrogens with zero attached hydrogens (tertiary/aromatic N) is 1. The number of nitrogens with one attached hydrogen (secondary N) is 1. The molecule has 0 unspecified atom stereocenters. The van der Waals surface area contributed by atoms with E-state index in [-0.39, 0.29) is 12.1 Å². The number of aliphatic hydroxyl groups is 1. The summed E-state index contributed by atoms with van der Waals surface area (Å²) in [5, 5.41) is 13.4. The molecule has 0 radical (unpaired) electrons.